The predicted molar refractivity (Wildman–Crippen MR) is 51.4 cm³/mol. The number of aliphatic hydroxyl groups excluding tert-OH is 1. The third kappa shape index (κ3) is 2.54. The summed E-state index contributed by atoms with van der Waals surface area (Å²) in [7, 11) is 0. The maximum absolute atomic E-state index is 8.81. The second-order valence-electron chi connectivity index (χ2n) is 3.51. The summed E-state index contributed by atoms with van der Waals surface area (Å²) in [5.41, 5.74) is 6.72. The Morgan fingerprint density at radius 3 is 2.85 bits per heavy atom. The van der Waals surface area contributed by atoms with Crippen molar-refractivity contribution in [3.05, 3.63) is 18.0 Å². The maximum atomic E-state index is 8.81. The molecule has 1 unspecified atom stereocenters. The van der Waals surface area contributed by atoms with E-state index >= 15 is 0 Å². The molecule has 1 rings (SSSR count). The monoisotopic (exact) mass is 183 g/mol. The van der Waals surface area contributed by atoms with Crippen LogP contribution in [-0.4, -0.2) is 27.5 Å². The van der Waals surface area contributed by atoms with Crippen molar-refractivity contribution >= 4 is 0 Å². The highest BCUT2D eigenvalue weighted by Gasteiger charge is 2.09. The van der Waals surface area contributed by atoms with E-state index in [2.05, 4.69) is 18.9 Å². The van der Waals surface area contributed by atoms with Crippen LogP contribution in [0.1, 0.15) is 25.6 Å². The standard InChI is InChI=1S/C9H17N3O/c1-7(2)12-9(3-4-11-12)5-8(10)6-13/h3-4,7-8,13H,5-6,10H2,1-2H3. The fraction of sp³-hybridized carbons (Fsp3) is 0.667. The quantitative estimate of drug-likeness (QED) is 0.707. The average molecular weight is 183 g/mol. The molecule has 0 spiro atoms. The summed E-state index contributed by atoms with van der Waals surface area (Å²) in [6, 6.07) is 2.10. The van der Waals surface area contributed by atoms with Gasteiger partial charge in [0.15, 0.2) is 0 Å². The molecule has 0 aromatic carbocycles. The fourth-order valence-corrected chi connectivity index (χ4v) is 1.30. The Hall–Kier alpha value is -0.870. The molecular weight excluding hydrogens is 166 g/mol. The molecule has 0 bridgehead atoms. The molecule has 1 aromatic rings. The van der Waals surface area contributed by atoms with Crippen LogP contribution in [0.15, 0.2) is 12.3 Å². The van der Waals surface area contributed by atoms with Gasteiger partial charge in [0, 0.05) is 30.4 Å². The first-order valence-corrected chi connectivity index (χ1v) is 4.54. The molecule has 1 aromatic heterocycles. The second kappa shape index (κ2) is 4.39. The van der Waals surface area contributed by atoms with Gasteiger partial charge in [0.25, 0.3) is 0 Å². The highest BCUT2D eigenvalue weighted by Crippen LogP contribution is 2.09. The van der Waals surface area contributed by atoms with Gasteiger partial charge in [-0.25, -0.2) is 0 Å². The van der Waals surface area contributed by atoms with Crippen LogP contribution in [-0.2, 0) is 6.42 Å². The highest BCUT2D eigenvalue weighted by molar-refractivity contribution is 5.03. The molecule has 0 saturated carbocycles. The summed E-state index contributed by atoms with van der Waals surface area (Å²) in [6.45, 7) is 4.16. The number of rotatable bonds is 4. The molecular formula is C9H17N3O. The summed E-state index contributed by atoms with van der Waals surface area (Å²) < 4.78 is 1.93. The van der Waals surface area contributed by atoms with Crippen LogP contribution in [0, 0.1) is 0 Å². The zero-order valence-corrected chi connectivity index (χ0v) is 8.14. The van der Waals surface area contributed by atoms with Crippen LogP contribution in [0.4, 0.5) is 0 Å². The summed E-state index contributed by atoms with van der Waals surface area (Å²) in [5, 5.41) is 13.0. The first-order valence-electron chi connectivity index (χ1n) is 4.54. The molecule has 0 aliphatic carbocycles. The zero-order valence-electron chi connectivity index (χ0n) is 8.14. The lowest BCUT2D eigenvalue weighted by molar-refractivity contribution is 0.263. The van der Waals surface area contributed by atoms with Crippen LogP contribution in [0.25, 0.3) is 0 Å². The van der Waals surface area contributed by atoms with E-state index < -0.39 is 0 Å². The minimum atomic E-state index is -0.186. The lowest BCUT2D eigenvalue weighted by atomic mass is 10.2. The Labute approximate surface area is 78.4 Å². The Morgan fingerprint density at radius 1 is 1.62 bits per heavy atom. The molecule has 0 aliphatic heterocycles. The van der Waals surface area contributed by atoms with E-state index in [4.69, 9.17) is 10.8 Å². The molecule has 4 heteroatoms. The molecule has 13 heavy (non-hydrogen) atoms. The number of aliphatic hydroxyl groups is 1. The van der Waals surface area contributed by atoms with Gasteiger partial charge >= 0.3 is 0 Å². The van der Waals surface area contributed by atoms with Crippen LogP contribution in [0.2, 0.25) is 0 Å². The molecule has 4 nitrogen and oxygen atoms in total. The third-order valence-electron chi connectivity index (χ3n) is 1.95. The number of nitrogens with zero attached hydrogens (tertiary/aromatic N) is 2. The first-order chi connectivity index (χ1) is 6.15. The fourth-order valence-electron chi connectivity index (χ4n) is 1.30. The average Bonchev–Trinajstić information content (AvgIpc) is 2.52. The summed E-state index contributed by atoms with van der Waals surface area (Å²) in [4.78, 5) is 0. The minimum absolute atomic E-state index is 0.0171. The van der Waals surface area contributed by atoms with E-state index in [0.29, 0.717) is 12.5 Å². The number of aromatic nitrogens is 2. The zero-order chi connectivity index (χ0) is 9.84. The van der Waals surface area contributed by atoms with Crippen molar-refractivity contribution in [2.75, 3.05) is 6.61 Å². The van der Waals surface area contributed by atoms with Crippen molar-refractivity contribution in [3.8, 4) is 0 Å². The van der Waals surface area contributed by atoms with Crippen molar-refractivity contribution in [1.82, 2.24) is 9.78 Å². The van der Waals surface area contributed by atoms with Crippen molar-refractivity contribution in [2.24, 2.45) is 5.73 Å². The lowest BCUT2D eigenvalue weighted by Gasteiger charge is -2.13. The largest absolute Gasteiger partial charge is 0.395 e. The number of hydrogen-bond acceptors (Lipinski definition) is 3. The van der Waals surface area contributed by atoms with Gasteiger partial charge in [-0.1, -0.05) is 0 Å². The Bertz CT molecular complexity index is 257. The molecule has 0 radical (unpaired) electrons. The van der Waals surface area contributed by atoms with E-state index in [9.17, 15) is 0 Å². The van der Waals surface area contributed by atoms with Crippen LogP contribution < -0.4 is 5.73 Å². The van der Waals surface area contributed by atoms with Crippen LogP contribution >= 0.6 is 0 Å². The Kier molecular flexibility index (Phi) is 3.45. The van der Waals surface area contributed by atoms with Gasteiger partial charge in [-0.2, -0.15) is 5.10 Å². The van der Waals surface area contributed by atoms with E-state index in [1.165, 1.54) is 0 Å². The van der Waals surface area contributed by atoms with E-state index in [1.54, 1.807) is 6.20 Å². The molecule has 0 saturated heterocycles. The van der Waals surface area contributed by atoms with Crippen molar-refractivity contribution in [3.63, 3.8) is 0 Å². The van der Waals surface area contributed by atoms with E-state index in [0.717, 1.165) is 5.69 Å². The predicted octanol–water partition coefficient (Wildman–Crippen LogP) is 0.326. The first kappa shape index (κ1) is 10.2. The van der Waals surface area contributed by atoms with Crippen molar-refractivity contribution in [1.29, 1.82) is 0 Å². The molecule has 1 heterocycles. The smallest absolute Gasteiger partial charge is 0.0586 e. The molecule has 0 amide bonds. The van der Waals surface area contributed by atoms with E-state index in [1.807, 2.05) is 10.7 Å². The van der Waals surface area contributed by atoms with Gasteiger partial charge in [0.1, 0.15) is 0 Å². The molecule has 0 aliphatic rings. The van der Waals surface area contributed by atoms with Crippen LogP contribution in [0.3, 0.4) is 0 Å². The van der Waals surface area contributed by atoms with Gasteiger partial charge in [0.05, 0.1) is 6.61 Å². The normalized spacial score (nSPS) is 13.6. The topological polar surface area (TPSA) is 64.1 Å². The number of hydrogen-bond donors (Lipinski definition) is 2. The van der Waals surface area contributed by atoms with Gasteiger partial charge in [-0.15, -0.1) is 0 Å². The maximum Gasteiger partial charge on any atom is 0.0586 e. The summed E-state index contributed by atoms with van der Waals surface area (Å²) in [5.74, 6) is 0. The van der Waals surface area contributed by atoms with Crippen molar-refractivity contribution in [2.45, 2.75) is 32.4 Å². The molecule has 0 fully saturated rings. The lowest BCUT2D eigenvalue weighted by Crippen LogP contribution is -2.28. The van der Waals surface area contributed by atoms with Crippen molar-refractivity contribution < 1.29 is 5.11 Å². The minimum Gasteiger partial charge on any atom is -0.395 e. The summed E-state index contributed by atoms with van der Waals surface area (Å²) >= 11 is 0. The Balaban J connectivity index is 2.70. The van der Waals surface area contributed by atoms with Crippen LogP contribution in [0.5, 0.6) is 0 Å². The van der Waals surface area contributed by atoms with Gasteiger partial charge in [0.2, 0.25) is 0 Å². The molecule has 1 atom stereocenters. The van der Waals surface area contributed by atoms with Gasteiger partial charge in [-0.3, -0.25) is 4.68 Å². The third-order valence-corrected chi connectivity index (χ3v) is 1.95. The van der Waals surface area contributed by atoms with Gasteiger partial charge in [-0.05, 0) is 19.9 Å². The highest BCUT2D eigenvalue weighted by atomic mass is 16.3. The number of nitrogens with two attached hydrogens (primary N) is 1. The summed E-state index contributed by atoms with van der Waals surface area (Å²) in [6.07, 6.45) is 2.44. The van der Waals surface area contributed by atoms with Gasteiger partial charge < -0.3 is 10.8 Å². The Morgan fingerprint density at radius 2 is 2.31 bits per heavy atom. The SMILES string of the molecule is CC(C)n1nccc1CC(N)CO. The second-order valence-corrected chi connectivity index (χ2v) is 3.51. The molecule has 3 N–H and O–H groups in total. The van der Waals surface area contributed by atoms with E-state index in [-0.39, 0.29) is 12.6 Å². The molecule has 74 valence electrons.